The quantitative estimate of drug-likeness (QED) is 0.696. The van der Waals surface area contributed by atoms with Crippen LogP contribution in [0.3, 0.4) is 0 Å². The molecule has 19 heavy (non-hydrogen) atoms. The second-order valence-corrected chi connectivity index (χ2v) is 4.88. The summed E-state index contributed by atoms with van der Waals surface area (Å²) < 4.78 is 7.79. The minimum absolute atomic E-state index is 0.537. The van der Waals surface area contributed by atoms with Crippen LogP contribution in [0.25, 0.3) is 5.65 Å². The molecule has 0 unspecified atom stereocenters. The first-order chi connectivity index (χ1) is 9.22. The molecule has 1 aromatic carbocycles. The van der Waals surface area contributed by atoms with Crippen molar-refractivity contribution < 1.29 is 4.74 Å². The number of rotatable bonds is 3. The average Bonchev–Trinajstić information content (AvgIpc) is 2.87. The van der Waals surface area contributed by atoms with Gasteiger partial charge in [0, 0.05) is 24.7 Å². The maximum Gasteiger partial charge on any atom is 0.140 e. The van der Waals surface area contributed by atoms with E-state index in [-0.39, 0.29) is 0 Å². The summed E-state index contributed by atoms with van der Waals surface area (Å²) in [6, 6.07) is 12.1. The van der Waals surface area contributed by atoms with Crippen molar-refractivity contribution in [3.05, 3.63) is 60.6 Å². The van der Waals surface area contributed by atoms with Gasteiger partial charge in [-0.1, -0.05) is 26.0 Å². The maximum absolute atomic E-state index is 5.84. The number of imidazole rings is 1. The van der Waals surface area contributed by atoms with Crippen molar-refractivity contribution in [2.75, 3.05) is 0 Å². The Morgan fingerprint density at radius 2 is 1.79 bits per heavy atom. The van der Waals surface area contributed by atoms with Crippen LogP contribution in [0, 0.1) is 0 Å². The Balaban J connectivity index is 1.83. The Labute approximate surface area is 112 Å². The summed E-state index contributed by atoms with van der Waals surface area (Å²) in [6.07, 6.45) is 5.63. The summed E-state index contributed by atoms with van der Waals surface area (Å²) in [7, 11) is 0. The Hall–Kier alpha value is -2.29. The van der Waals surface area contributed by atoms with Crippen molar-refractivity contribution in [3.63, 3.8) is 0 Å². The van der Waals surface area contributed by atoms with Crippen LogP contribution in [-0.4, -0.2) is 9.38 Å². The van der Waals surface area contributed by atoms with E-state index in [0.717, 1.165) is 17.1 Å². The number of fused-ring (bicyclic) bond motifs is 1. The number of pyridine rings is 1. The van der Waals surface area contributed by atoms with Crippen molar-refractivity contribution in [2.45, 2.75) is 19.8 Å². The van der Waals surface area contributed by atoms with E-state index in [9.17, 15) is 0 Å². The van der Waals surface area contributed by atoms with Crippen LogP contribution < -0.4 is 4.74 Å². The van der Waals surface area contributed by atoms with E-state index in [2.05, 4.69) is 31.0 Å². The molecule has 3 heteroatoms. The molecule has 0 amide bonds. The summed E-state index contributed by atoms with van der Waals surface area (Å²) in [4.78, 5) is 4.24. The summed E-state index contributed by atoms with van der Waals surface area (Å²) in [5, 5.41) is 0. The summed E-state index contributed by atoms with van der Waals surface area (Å²) >= 11 is 0. The molecular weight excluding hydrogens is 236 g/mol. The minimum atomic E-state index is 0.537. The normalized spacial score (nSPS) is 11.1. The Morgan fingerprint density at radius 1 is 1.00 bits per heavy atom. The van der Waals surface area contributed by atoms with E-state index in [0.29, 0.717) is 5.92 Å². The smallest absolute Gasteiger partial charge is 0.140 e. The van der Waals surface area contributed by atoms with Gasteiger partial charge in [-0.15, -0.1) is 0 Å². The van der Waals surface area contributed by atoms with Gasteiger partial charge < -0.3 is 9.14 Å². The molecule has 0 saturated heterocycles. The third-order valence-electron chi connectivity index (χ3n) is 3.15. The Kier molecular flexibility index (Phi) is 2.95. The first-order valence-electron chi connectivity index (χ1n) is 6.43. The number of hydrogen-bond acceptors (Lipinski definition) is 2. The highest BCUT2D eigenvalue weighted by molar-refractivity contribution is 5.45. The van der Waals surface area contributed by atoms with Crippen molar-refractivity contribution in [2.24, 2.45) is 0 Å². The van der Waals surface area contributed by atoms with Crippen molar-refractivity contribution in [1.82, 2.24) is 9.38 Å². The van der Waals surface area contributed by atoms with Gasteiger partial charge in [-0.2, -0.15) is 0 Å². The van der Waals surface area contributed by atoms with Gasteiger partial charge in [-0.3, -0.25) is 0 Å². The van der Waals surface area contributed by atoms with Gasteiger partial charge in [0.15, 0.2) is 0 Å². The van der Waals surface area contributed by atoms with Gasteiger partial charge in [0.25, 0.3) is 0 Å². The Bertz CT molecular complexity index is 683. The topological polar surface area (TPSA) is 26.5 Å². The molecule has 2 aromatic heterocycles. The molecule has 96 valence electrons. The van der Waals surface area contributed by atoms with Gasteiger partial charge in [-0.25, -0.2) is 4.98 Å². The summed E-state index contributed by atoms with van der Waals surface area (Å²) in [5.41, 5.74) is 2.20. The number of nitrogens with zero attached hydrogens (tertiary/aromatic N) is 2. The molecule has 0 aliphatic carbocycles. The van der Waals surface area contributed by atoms with Crippen LogP contribution in [0.5, 0.6) is 11.5 Å². The van der Waals surface area contributed by atoms with Crippen LogP contribution in [0.4, 0.5) is 0 Å². The standard InChI is InChI=1S/C16H16N2O/c1-12(2)13-3-5-14(6-4-13)19-15-7-9-18-10-8-17-16(18)11-15/h3-12H,1-2H3. The van der Waals surface area contributed by atoms with E-state index < -0.39 is 0 Å². The fraction of sp³-hybridized carbons (Fsp3) is 0.188. The number of ether oxygens (including phenoxy) is 1. The molecule has 0 aliphatic heterocycles. The average molecular weight is 252 g/mol. The summed E-state index contributed by atoms with van der Waals surface area (Å²) in [6.45, 7) is 4.37. The highest BCUT2D eigenvalue weighted by Crippen LogP contribution is 2.24. The van der Waals surface area contributed by atoms with E-state index >= 15 is 0 Å². The zero-order valence-corrected chi connectivity index (χ0v) is 11.1. The molecule has 0 bridgehead atoms. The molecule has 2 heterocycles. The van der Waals surface area contributed by atoms with Gasteiger partial charge in [0.2, 0.25) is 0 Å². The second kappa shape index (κ2) is 4.76. The second-order valence-electron chi connectivity index (χ2n) is 4.88. The lowest BCUT2D eigenvalue weighted by Crippen LogP contribution is -1.89. The lowest BCUT2D eigenvalue weighted by molar-refractivity contribution is 0.482. The van der Waals surface area contributed by atoms with Gasteiger partial charge in [-0.05, 0) is 29.7 Å². The van der Waals surface area contributed by atoms with Crippen LogP contribution in [-0.2, 0) is 0 Å². The summed E-state index contributed by atoms with van der Waals surface area (Å²) in [5.74, 6) is 2.19. The molecule has 0 saturated carbocycles. The minimum Gasteiger partial charge on any atom is -0.457 e. The third kappa shape index (κ3) is 2.45. The van der Waals surface area contributed by atoms with Gasteiger partial charge in [0.05, 0.1) is 0 Å². The van der Waals surface area contributed by atoms with Crippen LogP contribution in [0.1, 0.15) is 25.3 Å². The molecule has 0 aliphatic rings. The van der Waals surface area contributed by atoms with Gasteiger partial charge >= 0.3 is 0 Å². The zero-order valence-electron chi connectivity index (χ0n) is 11.1. The van der Waals surface area contributed by atoms with E-state index in [1.54, 1.807) is 6.20 Å². The molecule has 0 atom stereocenters. The lowest BCUT2D eigenvalue weighted by atomic mass is 10.0. The molecule has 3 rings (SSSR count). The van der Waals surface area contributed by atoms with Crippen LogP contribution >= 0.6 is 0 Å². The highest BCUT2D eigenvalue weighted by Gasteiger charge is 2.02. The lowest BCUT2D eigenvalue weighted by Gasteiger charge is -2.08. The molecule has 0 N–H and O–H groups in total. The SMILES string of the molecule is CC(C)c1ccc(Oc2ccn3ccnc3c2)cc1. The molecular formula is C16H16N2O. The van der Waals surface area contributed by atoms with Crippen molar-refractivity contribution >= 4 is 5.65 Å². The van der Waals surface area contributed by atoms with Gasteiger partial charge in [0.1, 0.15) is 17.1 Å². The predicted molar refractivity (Wildman–Crippen MR) is 75.8 cm³/mol. The largest absolute Gasteiger partial charge is 0.457 e. The van der Waals surface area contributed by atoms with Crippen LogP contribution in [0.15, 0.2) is 55.0 Å². The predicted octanol–water partition coefficient (Wildman–Crippen LogP) is 4.25. The first-order valence-corrected chi connectivity index (χ1v) is 6.43. The zero-order chi connectivity index (χ0) is 13.2. The van der Waals surface area contributed by atoms with Crippen molar-refractivity contribution in [1.29, 1.82) is 0 Å². The Morgan fingerprint density at radius 3 is 2.53 bits per heavy atom. The molecule has 0 spiro atoms. The van der Waals surface area contributed by atoms with Crippen molar-refractivity contribution in [3.8, 4) is 11.5 Å². The number of benzene rings is 1. The molecule has 3 aromatic rings. The third-order valence-corrected chi connectivity index (χ3v) is 3.15. The number of hydrogen-bond donors (Lipinski definition) is 0. The fourth-order valence-corrected chi connectivity index (χ4v) is 2.01. The van der Waals surface area contributed by atoms with Crippen LogP contribution in [0.2, 0.25) is 0 Å². The first kappa shape index (κ1) is 11.8. The highest BCUT2D eigenvalue weighted by atomic mass is 16.5. The monoisotopic (exact) mass is 252 g/mol. The molecule has 0 radical (unpaired) electrons. The number of aromatic nitrogens is 2. The van der Waals surface area contributed by atoms with E-state index in [1.165, 1.54) is 5.56 Å². The maximum atomic E-state index is 5.84. The molecule has 0 fully saturated rings. The molecule has 3 nitrogen and oxygen atoms in total. The fourth-order valence-electron chi connectivity index (χ4n) is 2.01. The van der Waals surface area contributed by atoms with E-state index in [1.807, 2.05) is 41.1 Å². The van der Waals surface area contributed by atoms with E-state index in [4.69, 9.17) is 4.74 Å².